The fourth-order valence-corrected chi connectivity index (χ4v) is 2.37. The molecule has 2 aromatic rings. The van der Waals surface area contributed by atoms with Gasteiger partial charge >= 0.3 is 0 Å². The molecule has 0 aliphatic rings. The SMILES string of the molecule is COCCNC(=NCc1nnc(C)n1C)NCC(C)Oc1ccccc1C. The quantitative estimate of drug-likeness (QED) is 0.394. The largest absolute Gasteiger partial charge is 0.489 e. The number of aromatic nitrogens is 3. The minimum absolute atomic E-state index is 0.0161. The van der Waals surface area contributed by atoms with Crippen molar-refractivity contribution in [2.24, 2.45) is 12.0 Å². The van der Waals surface area contributed by atoms with Gasteiger partial charge in [0.15, 0.2) is 11.8 Å². The summed E-state index contributed by atoms with van der Waals surface area (Å²) in [5.41, 5.74) is 1.12. The average Bonchev–Trinajstić information content (AvgIpc) is 2.97. The lowest BCUT2D eigenvalue weighted by molar-refractivity contribution is 0.203. The minimum atomic E-state index is -0.0161. The lowest BCUT2D eigenvalue weighted by Crippen LogP contribution is -2.43. The number of aryl methyl sites for hydroxylation is 2. The summed E-state index contributed by atoms with van der Waals surface area (Å²) in [7, 11) is 3.61. The van der Waals surface area contributed by atoms with Gasteiger partial charge in [0.2, 0.25) is 0 Å². The van der Waals surface area contributed by atoms with E-state index in [0.29, 0.717) is 32.2 Å². The topological polar surface area (TPSA) is 85.6 Å². The van der Waals surface area contributed by atoms with Crippen LogP contribution >= 0.6 is 0 Å². The van der Waals surface area contributed by atoms with Gasteiger partial charge in [-0.2, -0.15) is 0 Å². The highest BCUT2D eigenvalue weighted by atomic mass is 16.5. The Morgan fingerprint density at radius 2 is 2.00 bits per heavy atom. The molecule has 1 aromatic carbocycles. The second-order valence-electron chi connectivity index (χ2n) is 6.38. The van der Waals surface area contributed by atoms with E-state index in [1.807, 2.05) is 56.7 Å². The van der Waals surface area contributed by atoms with Crippen molar-refractivity contribution in [2.75, 3.05) is 26.8 Å². The van der Waals surface area contributed by atoms with E-state index >= 15 is 0 Å². The minimum Gasteiger partial charge on any atom is -0.489 e. The number of rotatable bonds is 9. The van der Waals surface area contributed by atoms with Crippen molar-refractivity contribution in [3.05, 3.63) is 41.5 Å². The first-order valence-corrected chi connectivity index (χ1v) is 9.09. The third kappa shape index (κ3) is 6.56. The number of guanidine groups is 1. The first-order valence-electron chi connectivity index (χ1n) is 9.09. The molecular weight excluding hydrogens is 344 g/mol. The van der Waals surface area contributed by atoms with E-state index in [2.05, 4.69) is 25.8 Å². The van der Waals surface area contributed by atoms with Crippen LogP contribution in [0, 0.1) is 13.8 Å². The molecule has 0 saturated carbocycles. The Hall–Kier alpha value is -2.61. The summed E-state index contributed by atoms with van der Waals surface area (Å²) in [5, 5.41) is 14.8. The van der Waals surface area contributed by atoms with Crippen molar-refractivity contribution in [1.29, 1.82) is 0 Å². The normalized spacial score (nSPS) is 12.7. The first-order chi connectivity index (χ1) is 13.0. The maximum atomic E-state index is 6.01. The van der Waals surface area contributed by atoms with Crippen LogP contribution in [0.3, 0.4) is 0 Å². The molecule has 148 valence electrons. The maximum Gasteiger partial charge on any atom is 0.191 e. The van der Waals surface area contributed by atoms with E-state index < -0.39 is 0 Å². The molecule has 2 N–H and O–H groups in total. The molecule has 0 spiro atoms. The second kappa shape index (κ2) is 10.5. The van der Waals surface area contributed by atoms with Crippen LogP contribution in [0.5, 0.6) is 5.75 Å². The number of nitrogens with one attached hydrogen (secondary N) is 2. The van der Waals surface area contributed by atoms with E-state index in [4.69, 9.17) is 9.47 Å². The van der Waals surface area contributed by atoms with Crippen molar-refractivity contribution in [3.8, 4) is 5.75 Å². The monoisotopic (exact) mass is 374 g/mol. The highest BCUT2D eigenvalue weighted by molar-refractivity contribution is 5.79. The molecule has 0 radical (unpaired) electrons. The summed E-state index contributed by atoms with van der Waals surface area (Å²) in [6, 6.07) is 8.00. The van der Waals surface area contributed by atoms with Crippen molar-refractivity contribution in [3.63, 3.8) is 0 Å². The number of benzene rings is 1. The van der Waals surface area contributed by atoms with Gasteiger partial charge in [0, 0.05) is 20.7 Å². The van der Waals surface area contributed by atoms with Gasteiger partial charge in [-0.1, -0.05) is 18.2 Å². The first kappa shape index (κ1) is 20.7. The van der Waals surface area contributed by atoms with Crippen LogP contribution in [0.15, 0.2) is 29.3 Å². The number of para-hydroxylation sites is 1. The van der Waals surface area contributed by atoms with Crippen LogP contribution in [0.25, 0.3) is 0 Å². The Morgan fingerprint density at radius 1 is 1.22 bits per heavy atom. The van der Waals surface area contributed by atoms with Gasteiger partial charge in [-0.25, -0.2) is 4.99 Å². The van der Waals surface area contributed by atoms with Gasteiger partial charge in [0.1, 0.15) is 24.2 Å². The third-order valence-corrected chi connectivity index (χ3v) is 4.14. The number of aliphatic imine (C=N–C) groups is 1. The summed E-state index contributed by atoms with van der Waals surface area (Å²) >= 11 is 0. The van der Waals surface area contributed by atoms with Gasteiger partial charge in [-0.15, -0.1) is 10.2 Å². The summed E-state index contributed by atoms with van der Waals surface area (Å²) in [4.78, 5) is 4.60. The molecule has 1 aromatic heterocycles. The Labute approximate surface area is 161 Å². The second-order valence-corrected chi connectivity index (χ2v) is 6.38. The average molecular weight is 374 g/mol. The number of methoxy groups -OCH3 is 1. The molecule has 0 fully saturated rings. The number of nitrogens with zero attached hydrogens (tertiary/aromatic N) is 4. The highest BCUT2D eigenvalue weighted by Gasteiger charge is 2.09. The lowest BCUT2D eigenvalue weighted by Gasteiger charge is -2.19. The molecule has 2 rings (SSSR count). The number of ether oxygens (including phenoxy) is 2. The molecule has 8 heteroatoms. The van der Waals surface area contributed by atoms with Crippen molar-refractivity contribution >= 4 is 5.96 Å². The predicted octanol–water partition coefficient (Wildman–Crippen LogP) is 1.58. The lowest BCUT2D eigenvalue weighted by atomic mass is 10.2. The zero-order chi connectivity index (χ0) is 19.6. The van der Waals surface area contributed by atoms with E-state index in [-0.39, 0.29) is 6.10 Å². The number of hydrogen-bond acceptors (Lipinski definition) is 5. The summed E-state index contributed by atoms with van der Waals surface area (Å²) in [6.07, 6.45) is -0.0161. The van der Waals surface area contributed by atoms with Crippen LogP contribution in [0.1, 0.15) is 24.1 Å². The van der Waals surface area contributed by atoms with E-state index in [9.17, 15) is 0 Å². The van der Waals surface area contributed by atoms with Crippen molar-refractivity contribution in [2.45, 2.75) is 33.4 Å². The van der Waals surface area contributed by atoms with Gasteiger partial charge in [0.25, 0.3) is 0 Å². The summed E-state index contributed by atoms with van der Waals surface area (Å²) < 4.78 is 13.0. The Balaban J connectivity index is 1.93. The molecule has 1 atom stereocenters. The van der Waals surface area contributed by atoms with E-state index in [1.165, 1.54) is 0 Å². The predicted molar refractivity (Wildman–Crippen MR) is 106 cm³/mol. The van der Waals surface area contributed by atoms with Crippen LogP contribution in [0.2, 0.25) is 0 Å². The van der Waals surface area contributed by atoms with Crippen LogP contribution in [0.4, 0.5) is 0 Å². The molecule has 0 amide bonds. The van der Waals surface area contributed by atoms with Gasteiger partial charge < -0.3 is 24.7 Å². The van der Waals surface area contributed by atoms with Crippen LogP contribution in [-0.2, 0) is 18.3 Å². The molecule has 0 aliphatic carbocycles. The number of hydrogen-bond donors (Lipinski definition) is 2. The van der Waals surface area contributed by atoms with Crippen molar-refractivity contribution < 1.29 is 9.47 Å². The Bertz CT molecular complexity index is 744. The Kier molecular flexibility index (Phi) is 8.06. The van der Waals surface area contributed by atoms with Gasteiger partial charge in [-0.3, -0.25) is 0 Å². The van der Waals surface area contributed by atoms with Gasteiger partial charge in [0.05, 0.1) is 13.2 Å². The molecular formula is C19H30N6O2. The molecule has 1 heterocycles. The van der Waals surface area contributed by atoms with Crippen molar-refractivity contribution in [1.82, 2.24) is 25.4 Å². The molecule has 1 unspecified atom stereocenters. The van der Waals surface area contributed by atoms with E-state index in [0.717, 1.165) is 23.0 Å². The van der Waals surface area contributed by atoms with E-state index in [1.54, 1.807) is 7.11 Å². The van der Waals surface area contributed by atoms with Crippen LogP contribution in [-0.4, -0.2) is 53.6 Å². The maximum absolute atomic E-state index is 6.01. The zero-order valence-electron chi connectivity index (χ0n) is 16.8. The molecule has 8 nitrogen and oxygen atoms in total. The van der Waals surface area contributed by atoms with Gasteiger partial charge in [-0.05, 0) is 32.4 Å². The highest BCUT2D eigenvalue weighted by Crippen LogP contribution is 2.17. The fraction of sp³-hybridized carbons (Fsp3) is 0.526. The molecule has 0 saturated heterocycles. The zero-order valence-corrected chi connectivity index (χ0v) is 16.8. The fourth-order valence-electron chi connectivity index (χ4n) is 2.37. The molecule has 0 aliphatic heterocycles. The third-order valence-electron chi connectivity index (χ3n) is 4.14. The summed E-state index contributed by atoms with van der Waals surface area (Å²) in [5.74, 6) is 3.26. The van der Waals surface area contributed by atoms with Crippen LogP contribution < -0.4 is 15.4 Å². The molecule has 0 bridgehead atoms. The molecule has 27 heavy (non-hydrogen) atoms. The smallest absolute Gasteiger partial charge is 0.191 e. The standard InChI is InChI=1S/C19H30N6O2/c1-14-8-6-7-9-17(14)27-15(2)12-21-19(20-10-11-26-5)22-13-18-24-23-16(3)25(18)4/h6-9,15H,10-13H2,1-5H3,(H2,20,21,22). The summed E-state index contributed by atoms with van der Waals surface area (Å²) in [6.45, 7) is 8.29. The Morgan fingerprint density at radius 3 is 2.67 bits per heavy atom.